The van der Waals surface area contributed by atoms with E-state index in [0.29, 0.717) is 6.42 Å². The molecule has 4 heteroatoms. The number of halogens is 1. The van der Waals surface area contributed by atoms with Crippen LogP contribution in [0.3, 0.4) is 0 Å². The second-order valence-corrected chi connectivity index (χ2v) is 9.30. The van der Waals surface area contributed by atoms with Crippen molar-refractivity contribution in [1.29, 1.82) is 0 Å². The predicted octanol–water partition coefficient (Wildman–Crippen LogP) is 5.85. The van der Waals surface area contributed by atoms with Gasteiger partial charge in [0.25, 0.3) is 0 Å². The van der Waals surface area contributed by atoms with E-state index in [9.17, 15) is 0 Å². The van der Waals surface area contributed by atoms with Gasteiger partial charge < -0.3 is 9.47 Å². The Labute approximate surface area is 188 Å². The summed E-state index contributed by atoms with van der Waals surface area (Å²) in [6.07, 6.45) is 4.74. The van der Waals surface area contributed by atoms with Crippen molar-refractivity contribution in [3.63, 3.8) is 0 Å². The fourth-order valence-electron chi connectivity index (χ4n) is 4.81. The maximum atomic E-state index is 15.2. The van der Waals surface area contributed by atoms with Gasteiger partial charge in [0.2, 0.25) is 0 Å². The van der Waals surface area contributed by atoms with Gasteiger partial charge in [-0.05, 0) is 78.4 Å². The van der Waals surface area contributed by atoms with E-state index in [1.165, 1.54) is 39.0 Å². The number of aryl methyl sites for hydroxylation is 4. The van der Waals surface area contributed by atoms with Crippen LogP contribution in [0.25, 0.3) is 5.57 Å². The van der Waals surface area contributed by atoms with E-state index in [2.05, 4.69) is 90.1 Å². The maximum absolute atomic E-state index is 15.2. The second kappa shape index (κ2) is 8.63. The Kier molecular flexibility index (Phi) is 6.08. The van der Waals surface area contributed by atoms with Crippen molar-refractivity contribution >= 4 is 20.1 Å². The molecule has 0 aliphatic carbocycles. The third-order valence-electron chi connectivity index (χ3n) is 6.72. The van der Waals surface area contributed by atoms with Gasteiger partial charge in [-0.15, -0.1) is 9.24 Å². The Hall–Kier alpha value is -2.38. The van der Waals surface area contributed by atoms with Crippen molar-refractivity contribution in [1.82, 2.24) is 9.47 Å². The largest absolute Gasteiger partial charge is 0.369 e. The van der Waals surface area contributed by atoms with Crippen molar-refractivity contribution in [2.24, 2.45) is 7.05 Å². The van der Waals surface area contributed by atoms with Crippen molar-refractivity contribution < 1.29 is 4.39 Å². The highest BCUT2D eigenvalue weighted by atomic mass is 31.0. The van der Waals surface area contributed by atoms with Crippen LogP contribution in [0.1, 0.15) is 58.6 Å². The summed E-state index contributed by atoms with van der Waals surface area (Å²) in [5.74, 6) is -0.108. The number of allylic oxidation sites excluding steroid dienone is 1. The lowest BCUT2D eigenvalue weighted by Gasteiger charge is -2.33. The van der Waals surface area contributed by atoms with Gasteiger partial charge in [0.1, 0.15) is 5.82 Å². The van der Waals surface area contributed by atoms with Gasteiger partial charge in [-0.1, -0.05) is 37.3 Å². The summed E-state index contributed by atoms with van der Waals surface area (Å²) in [5.41, 5.74) is 9.41. The number of hydrogen-bond acceptors (Lipinski definition) is 1. The molecule has 2 atom stereocenters. The molecule has 0 saturated heterocycles. The molecular formula is C27H32FN2P. The van der Waals surface area contributed by atoms with Gasteiger partial charge in [0, 0.05) is 31.6 Å². The Morgan fingerprint density at radius 2 is 1.74 bits per heavy atom. The zero-order valence-corrected chi connectivity index (χ0v) is 20.3. The molecule has 3 aromatic rings. The number of rotatable bonds is 5. The van der Waals surface area contributed by atoms with Crippen LogP contribution in [-0.2, 0) is 19.9 Å². The first-order valence-corrected chi connectivity index (χ1v) is 11.6. The van der Waals surface area contributed by atoms with Crippen LogP contribution >= 0.6 is 9.24 Å². The number of benzene rings is 2. The smallest absolute Gasteiger partial charge is 0.126 e. The summed E-state index contributed by atoms with van der Waals surface area (Å²) in [6.45, 7) is 6.44. The normalized spacial score (nSPS) is 15.8. The summed E-state index contributed by atoms with van der Waals surface area (Å²) in [6, 6.07) is 14.4. The quantitative estimate of drug-likeness (QED) is 0.457. The highest BCUT2D eigenvalue weighted by Crippen LogP contribution is 2.40. The highest BCUT2D eigenvalue weighted by Gasteiger charge is 2.29. The Morgan fingerprint density at radius 3 is 2.45 bits per heavy atom. The molecule has 2 unspecified atom stereocenters. The zero-order valence-electron chi connectivity index (χ0n) is 19.2. The molecule has 0 bridgehead atoms. The van der Waals surface area contributed by atoms with Crippen molar-refractivity contribution in [3.05, 3.63) is 93.7 Å². The van der Waals surface area contributed by atoms with Crippen LogP contribution in [0.15, 0.2) is 48.7 Å². The average molecular weight is 435 g/mol. The molecule has 2 heterocycles. The Morgan fingerprint density at radius 1 is 1.00 bits per heavy atom. The van der Waals surface area contributed by atoms with Crippen molar-refractivity contribution in [2.75, 3.05) is 7.05 Å². The third-order valence-corrected chi connectivity index (χ3v) is 7.55. The SMILES string of the molecule is CCC1=CN(C)C(c2ccc(CCc3cccc(C)c3P)c(F)c2)c2cc(C)n(C)c21. The lowest BCUT2D eigenvalue weighted by atomic mass is 9.90. The van der Waals surface area contributed by atoms with Crippen molar-refractivity contribution in [3.8, 4) is 0 Å². The van der Waals surface area contributed by atoms with Gasteiger partial charge in [0.05, 0.1) is 11.7 Å². The van der Waals surface area contributed by atoms with Crippen LogP contribution in [0, 0.1) is 19.7 Å². The van der Waals surface area contributed by atoms with E-state index < -0.39 is 0 Å². The predicted molar refractivity (Wildman–Crippen MR) is 132 cm³/mol. The minimum Gasteiger partial charge on any atom is -0.369 e. The number of aromatic nitrogens is 1. The first-order valence-electron chi connectivity index (χ1n) is 11.0. The maximum Gasteiger partial charge on any atom is 0.126 e. The lowest BCUT2D eigenvalue weighted by Crippen LogP contribution is -2.25. The lowest BCUT2D eigenvalue weighted by molar-refractivity contribution is 0.376. The molecule has 31 heavy (non-hydrogen) atoms. The molecule has 0 radical (unpaired) electrons. The van der Waals surface area contributed by atoms with Gasteiger partial charge in [-0.3, -0.25) is 0 Å². The summed E-state index contributed by atoms with van der Waals surface area (Å²) >= 11 is 0. The number of fused-ring (bicyclic) bond motifs is 1. The van der Waals surface area contributed by atoms with Crippen LogP contribution in [0.5, 0.6) is 0 Å². The van der Waals surface area contributed by atoms with E-state index >= 15 is 4.39 Å². The average Bonchev–Trinajstić information content (AvgIpc) is 3.03. The molecular weight excluding hydrogens is 402 g/mol. The minimum absolute atomic E-state index is 0.0316. The number of nitrogens with zero attached hydrogens (tertiary/aromatic N) is 2. The fourth-order valence-corrected chi connectivity index (χ4v) is 5.15. The van der Waals surface area contributed by atoms with Gasteiger partial charge in [-0.25, -0.2) is 4.39 Å². The van der Waals surface area contributed by atoms with Crippen LogP contribution in [0.2, 0.25) is 0 Å². The molecule has 1 aliphatic heterocycles. The van der Waals surface area contributed by atoms with E-state index in [1.54, 1.807) is 6.07 Å². The molecule has 0 spiro atoms. The molecule has 2 nitrogen and oxygen atoms in total. The first kappa shape index (κ1) is 21.8. The number of hydrogen-bond donors (Lipinski definition) is 0. The van der Waals surface area contributed by atoms with Gasteiger partial charge in [-0.2, -0.15) is 0 Å². The monoisotopic (exact) mass is 434 g/mol. The molecule has 162 valence electrons. The third kappa shape index (κ3) is 3.96. The summed E-state index contributed by atoms with van der Waals surface area (Å²) < 4.78 is 17.4. The summed E-state index contributed by atoms with van der Waals surface area (Å²) in [7, 11) is 7.04. The molecule has 0 N–H and O–H groups in total. The second-order valence-electron chi connectivity index (χ2n) is 8.72. The van der Waals surface area contributed by atoms with Crippen LogP contribution in [-0.4, -0.2) is 16.5 Å². The summed E-state index contributed by atoms with van der Waals surface area (Å²) in [4.78, 5) is 2.22. The summed E-state index contributed by atoms with van der Waals surface area (Å²) in [5, 5.41) is 1.23. The molecule has 0 saturated carbocycles. The van der Waals surface area contributed by atoms with E-state index in [1.807, 2.05) is 6.07 Å². The zero-order chi connectivity index (χ0) is 22.3. The molecule has 0 amide bonds. The first-order chi connectivity index (χ1) is 14.8. The van der Waals surface area contributed by atoms with Crippen LogP contribution in [0.4, 0.5) is 4.39 Å². The van der Waals surface area contributed by atoms with E-state index in [4.69, 9.17) is 0 Å². The van der Waals surface area contributed by atoms with Gasteiger partial charge >= 0.3 is 0 Å². The standard InChI is InChI=1S/C27H32FN2P/c1-6-19-16-29(4)25(23-14-18(3)30(5)26(19)23)22-13-11-20(24(28)15-22)10-12-21-9-7-8-17(2)27(21)31/h7-9,11,13-16,25H,6,10,12,31H2,1-5H3. The fraction of sp³-hybridized carbons (Fsp3) is 0.333. The van der Waals surface area contributed by atoms with Gasteiger partial charge in [0.15, 0.2) is 0 Å². The van der Waals surface area contributed by atoms with E-state index in [0.717, 1.165) is 24.0 Å². The molecule has 1 aromatic heterocycles. The molecule has 1 aliphatic rings. The topological polar surface area (TPSA) is 8.17 Å². The molecule has 2 aromatic carbocycles. The van der Waals surface area contributed by atoms with Crippen molar-refractivity contribution in [2.45, 2.75) is 46.1 Å². The van der Waals surface area contributed by atoms with Crippen LogP contribution < -0.4 is 5.30 Å². The molecule has 4 rings (SSSR count). The minimum atomic E-state index is -0.108. The van der Waals surface area contributed by atoms with E-state index in [-0.39, 0.29) is 11.9 Å². The highest BCUT2D eigenvalue weighted by molar-refractivity contribution is 7.27. The Balaban J connectivity index is 1.63. The Bertz CT molecular complexity index is 1160. The molecule has 0 fully saturated rings.